The molecule has 6 heteroatoms. The van der Waals surface area contributed by atoms with E-state index >= 15 is 0 Å². The number of rotatable bonds is 5. The summed E-state index contributed by atoms with van der Waals surface area (Å²) in [5.41, 5.74) is 0.471. The predicted molar refractivity (Wildman–Crippen MR) is 126 cm³/mol. The standard InChI is InChI=1S/C27H26N2O4/c1-27(2,3)33-26(32)29-23(14-15-25(29)31)21(17-24(30)22-13-6-7-16-28-22)20-12-8-10-18-9-4-5-11-19(18)20/h4-16,21,23H,17H2,1-3H3/t21-,23+/m1/s1. The first kappa shape index (κ1) is 22.4. The zero-order valence-corrected chi connectivity index (χ0v) is 18.9. The minimum Gasteiger partial charge on any atom is -0.443 e. The van der Waals surface area contributed by atoms with Gasteiger partial charge in [0.25, 0.3) is 5.91 Å². The number of carbonyl (C=O) groups excluding carboxylic acids is 3. The van der Waals surface area contributed by atoms with Crippen LogP contribution in [0.1, 0.15) is 49.2 Å². The average molecular weight is 443 g/mol. The van der Waals surface area contributed by atoms with Gasteiger partial charge in [0.05, 0.1) is 6.04 Å². The Hall–Kier alpha value is -3.80. The maximum Gasteiger partial charge on any atom is 0.417 e. The van der Waals surface area contributed by atoms with Crippen LogP contribution in [0.5, 0.6) is 0 Å². The molecule has 4 rings (SSSR count). The summed E-state index contributed by atoms with van der Waals surface area (Å²) in [6.45, 7) is 5.25. The third-order valence-electron chi connectivity index (χ3n) is 5.55. The molecule has 0 aliphatic carbocycles. The second-order valence-electron chi connectivity index (χ2n) is 9.06. The van der Waals surface area contributed by atoms with Crippen LogP contribution < -0.4 is 0 Å². The highest BCUT2D eigenvalue weighted by Crippen LogP contribution is 2.36. The highest BCUT2D eigenvalue weighted by Gasteiger charge is 2.41. The molecule has 0 saturated heterocycles. The van der Waals surface area contributed by atoms with Crippen LogP contribution in [0.25, 0.3) is 10.8 Å². The van der Waals surface area contributed by atoms with E-state index in [9.17, 15) is 14.4 Å². The van der Waals surface area contributed by atoms with Crippen LogP contribution in [-0.4, -0.2) is 39.3 Å². The Bertz CT molecular complexity index is 1220. The van der Waals surface area contributed by atoms with Crippen LogP contribution in [0.3, 0.4) is 0 Å². The molecular formula is C27H26N2O4. The molecule has 1 aliphatic heterocycles. The number of nitrogens with zero attached hydrogens (tertiary/aromatic N) is 2. The SMILES string of the molecule is CC(C)(C)OC(=O)N1C(=O)C=C[C@H]1[C@H](CC(=O)c1ccccn1)c1cccc2ccccc12. The number of aromatic nitrogens is 1. The quantitative estimate of drug-likeness (QED) is 0.502. The molecule has 2 amide bonds. The maximum absolute atomic E-state index is 13.2. The van der Waals surface area contributed by atoms with Crippen molar-refractivity contribution >= 4 is 28.6 Å². The molecule has 168 valence electrons. The summed E-state index contributed by atoms with van der Waals surface area (Å²) in [5.74, 6) is -1.09. The second kappa shape index (κ2) is 8.98. The third-order valence-corrected chi connectivity index (χ3v) is 5.55. The number of benzene rings is 2. The van der Waals surface area contributed by atoms with E-state index in [0.717, 1.165) is 21.2 Å². The molecule has 0 saturated carbocycles. The van der Waals surface area contributed by atoms with E-state index in [1.165, 1.54) is 6.08 Å². The number of ketones is 1. The molecule has 0 bridgehead atoms. The number of imide groups is 1. The molecule has 0 unspecified atom stereocenters. The Morgan fingerprint density at radius 2 is 1.76 bits per heavy atom. The molecule has 2 heterocycles. The zero-order chi connectivity index (χ0) is 23.6. The fraction of sp³-hybridized carbons (Fsp3) is 0.259. The van der Waals surface area contributed by atoms with E-state index in [2.05, 4.69) is 4.98 Å². The smallest absolute Gasteiger partial charge is 0.417 e. The summed E-state index contributed by atoms with van der Waals surface area (Å²) in [5, 5.41) is 1.98. The van der Waals surface area contributed by atoms with E-state index < -0.39 is 29.6 Å². The molecular weight excluding hydrogens is 416 g/mol. The van der Waals surface area contributed by atoms with Gasteiger partial charge in [0.1, 0.15) is 11.3 Å². The number of pyridine rings is 1. The molecule has 2 atom stereocenters. The Morgan fingerprint density at radius 1 is 1.03 bits per heavy atom. The molecule has 0 N–H and O–H groups in total. The number of hydrogen-bond donors (Lipinski definition) is 0. The number of ether oxygens (including phenoxy) is 1. The first-order valence-corrected chi connectivity index (χ1v) is 10.9. The van der Waals surface area contributed by atoms with Crippen molar-refractivity contribution in [3.05, 3.63) is 90.3 Å². The van der Waals surface area contributed by atoms with Crippen molar-refractivity contribution in [2.24, 2.45) is 0 Å². The molecule has 0 spiro atoms. The summed E-state index contributed by atoms with van der Waals surface area (Å²) in [4.78, 5) is 44.2. The van der Waals surface area contributed by atoms with Crippen molar-refractivity contribution in [2.45, 2.75) is 44.8 Å². The minimum atomic E-state index is -0.761. The van der Waals surface area contributed by atoms with Gasteiger partial charge in [0.2, 0.25) is 0 Å². The minimum absolute atomic E-state index is 0.0760. The third kappa shape index (κ3) is 4.85. The van der Waals surface area contributed by atoms with Gasteiger partial charge in [-0.2, -0.15) is 0 Å². The van der Waals surface area contributed by atoms with Gasteiger partial charge in [-0.05, 0) is 49.2 Å². The average Bonchev–Trinajstić information content (AvgIpc) is 3.17. The fourth-order valence-corrected chi connectivity index (χ4v) is 4.15. The van der Waals surface area contributed by atoms with Gasteiger partial charge < -0.3 is 4.74 Å². The van der Waals surface area contributed by atoms with Crippen molar-refractivity contribution in [1.29, 1.82) is 0 Å². The molecule has 3 aromatic rings. The molecule has 1 aromatic heterocycles. The summed E-state index contributed by atoms with van der Waals surface area (Å²) in [6.07, 6.45) is 3.99. The second-order valence-corrected chi connectivity index (χ2v) is 9.06. The van der Waals surface area contributed by atoms with Crippen LogP contribution in [0, 0.1) is 0 Å². The molecule has 0 fully saturated rings. The van der Waals surface area contributed by atoms with E-state index in [1.54, 1.807) is 51.2 Å². The van der Waals surface area contributed by atoms with Crippen LogP contribution in [0.2, 0.25) is 0 Å². The van der Waals surface area contributed by atoms with Gasteiger partial charge in [-0.3, -0.25) is 14.6 Å². The maximum atomic E-state index is 13.2. The van der Waals surface area contributed by atoms with Gasteiger partial charge in [-0.15, -0.1) is 0 Å². The van der Waals surface area contributed by atoms with Crippen LogP contribution in [-0.2, 0) is 9.53 Å². The lowest BCUT2D eigenvalue weighted by atomic mass is 9.83. The number of carbonyl (C=O) groups is 3. The zero-order valence-electron chi connectivity index (χ0n) is 18.9. The topological polar surface area (TPSA) is 76.6 Å². The van der Waals surface area contributed by atoms with E-state index in [-0.39, 0.29) is 12.2 Å². The van der Waals surface area contributed by atoms with Crippen molar-refractivity contribution < 1.29 is 19.1 Å². The number of Topliss-reactive ketones (excluding diaryl/α,β-unsaturated/α-hetero) is 1. The Labute approximate surface area is 192 Å². The number of fused-ring (bicyclic) bond motifs is 1. The largest absolute Gasteiger partial charge is 0.443 e. The first-order chi connectivity index (χ1) is 15.7. The molecule has 0 radical (unpaired) electrons. The van der Waals surface area contributed by atoms with Crippen LogP contribution in [0.4, 0.5) is 4.79 Å². The normalized spacial score (nSPS) is 16.8. The first-order valence-electron chi connectivity index (χ1n) is 10.9. The highest BCUT2D eigenvalue weighted by molar-refractivity contribution is 6.02. The van der Waals surface area contributed by atoms with Gasteiger partial charge >= 0.3 is 6.09 Å². The van der Waals surface area contributed by atoms with Crippen molar-refractivity contribution in [3.8, 4) is 0 Å². The Morgan fingerprint density at radius 3 is 2.48 bits per heavy atom. The van der Waals surface area contributed by atoms with Crippen LogP contribution >= 0.6 is 0 Å². The van der Waals surface area contributed by atoms with Crippen molar-refractivity contribution in [1.82, 2.24) is 9.88 Å². The lowest BCUT2D eigenvalue weighted by molar-refractivity contribution is -0.125. The number of amides is 2. The summed E-state index contributed by atoms with van der Waals surface area (Å²) >= 11 is 0. The lowest BCUT2D eigenvalue weighted by Gasteiger charge is -2.32. The lowest BCUT2D eigenvalue weighted by Crippen LogP contribution is -2.45. The van der Waals surface area contributed by atoms with Gasteiger partial charge in [-0.1, -0.05) is 54.6 Å². The predicted octanol–water partition coefficient (Wildman–Crippen LogP) is 5.29. The Kier molecular flexibility index (Phi) is 6.09. The van der Waals surface area contributed by atoms with Gasteiger partial charge in [0, 0.05) is 24.6 Å². The van der Waals surface area contributed by atoms with Crippen LogP contribution in [0.15, 0.2) is 79.0 Å². The molecule has 2 aromatic carbocycles. The monoisotopic (exact) mass is 442 g/mol. The highest BCUT2D eigenvalue weighted by atomic mass is 16.6. The van der Waals surface area contributed by atoms with Crippen molar-refractivity contribution in [2.75, 3.05) is 0 Å². The molecule has 6 nitrogen and oxygen atoms in total. The summed E-state index contributed by atoms with van der Waals surface area (Å²) in [6, 6.07) is 18.3. The molecule has 1 aliphatic rings. The van der Waals surface area contributed by atoms with Gasteiger partial charge in [-0.25, -0.2) is 9.69 Å². The van der Waals surface area contributed by atoms with E-state index in [4.69, 9.17) is 4.74 Å². The summed E-state index contributed by atoms with van der Waals surface area (Å²) < 4.78 is 5.51. The number of hydrogen-bond acceptors (Lipinski definition) is 5. The van der Waals surface area contributed by atoms with E-state index in [0.29, 0.717) is 5.69 Å². The van der Waals surface area contributed by atoms with Gasteiger partial charge in [0.15, 0.2) is 5.78 Å². The molecule has 33 heavy (non-hydrogen) atoms. The Balaban J connectivity index is 1.78. The van der Waals surface area contributed by atoms with E-state index in [1.807, 2.05) is 42.5 Å². The van der Waals surface area contributed by atoms with Crippen molar-refractivity contribution in [3.63, 3.8) is 0 Å². The fourth-order valence-electron chi connectivity index (χ4n) is 4.15. The summed E-state index contributed by atoms with van der Waals surface area (Å²) in [7, 11) is 0.